The highest BCUT2D eigenvalue weighted by Gasteiger charge is 2.29. The van der Waals surface area contributed by atoms with Gasteiger partial charge in [-0.25, -0.2) is 0 Å². The molecule has 5 heteroatoms. The summed E-state index contributed by atoms with van der Waals surface area (Å²) in [4.78, 5) is 24.5. The summed E-state index contributed by atoms with van der Waals surface area (Å²) in [6.07, 6.45) is 3.14. The van der Waals surface area contributed by atoms with Gasteiger partial charge in [-0.2, -0.15) is 0 Å². The van der Waals surface area contributed by atoms with Crippen molar-refractivity contribution in [1.29, 1.82) is 0 Å². The number of hydrogen-bond donors (Lipinski definition) is 2. The van der Waals surface area contributed by atoms with Crippen LogP contribution in [-0.2, 0) is 9.59 Å². The average Bonchev–Trinajstić information content (AvgIpc) is 2.27. The van der Waals surface area contributed by atoms with Crippen molar-refractivity contribution in [2.75, 3.05) is 19.6 Å². The van der Waals surface area contributed by atoms with Crippen LogP contribution < -0.4 is 5.32 Å². The van der Waals surface area contributed by atoms with Gasteiger partial charge in [0, 0.05) is 25.0 Å². The first-order chi connectivity index (χ1) is 8.92. The number of likely N-dealkylation sites (tertiary alicyclic amines) is 1. The van der Waals surface area contributed by atoms with Crippen LogP contribution in [0.15, 0.2) is 0 Å². The molecule has 19 heavy (non-hydrogen) atoms. The Hall–Kier alpha value is -1.10. The molecule has 5 nitrogen and oxygen atoms in total. The maximum atomic E-state index is 11.8. The lowest BCUT2D eigenvalue weighted by Crippen LogP contribution is -2.52. The zero-order valence-electron chi connectivity index (χ0n) is 12.2. The second-order valence-electron chi connectivity index (χ2n) is 5.84. The minimum Gasteiger partial charge on any atom is -0.480 e. The minimum atomic E-state index is -0.800. The van der Waals surface area contributed by atoms with Gasteiger partial charge in [0.15, 0.2) is 0 Å². The van der Waals surface area contributed by atoms with Crippen LogP contribution in [0.2, 0.25) is 0 Å². The van der Waals surface area contributed by atoms with Gasteiger partial charge in [0.2, 0.25) is 5.91 Å². The van der Waals surface area contributed by atoms with Crippen molar-refractivity contribution >= 4 is 11.9 Å². The molecule has 0 aromatic heterocycles. The molecule has 2 unspecified atom stereocenters. The zero-order chi connectivity index (χ0) is 14.4. The lowest BCUT2D eigenvalue weighted by Gasteiger charge is -2.37. The van der Waals surface area contributed by atoms with E-state index in [0.717, 1.165) is 25.8 Å². The highest BCUT2D eigenvalue weighted by Crippen LogP contribution is 2.21. The van der Waals surface area contributed by atoms with Crippen LogP contribution in [-0.4, -0.2) is 47.6 Å². The topological polar surface area (TPSA) is 69.6 Å². The van der Waals surface area contributed by atoms with Gasteiger partial charge >= 0.3 is 5.97 Å². The molecule has 0 aromatic rings. The molecule has 0 bridgehead atoms. The van der Waals surface area contributed by atoms with Crippen LogP contribution in [0.4, 0.5) is 0 Å². The van der Waals surface area contributed by atoms with Crippen molar-refractivity contribution in [3.8, 4) is 0 Å². The van der Waals surface area contributed by atoms with Crippen molar-refractivity contribution < 1.29 is 14.7 Å². The standard InChI is InChI=1S/C14H26N2O3/c1-4-5-11-6-12(15-14(19)10(2)3)8-16(7-11)9-13(17)18/h10-12H,4-9H2,1-3H3,(H,15,19)(H,17,18). The van der Waals surface area contributed by atoms with Gasteiger partial charge in [0.25, 0.3) is 0 Å². The third-order valence-electron chi connectivity index (χ3n) is 3.54. The van der Waals surface area contributed by atoms with E-state index in [0.29, 0.717) is 12.5 Å². The Labute approximate surface area is 115 Å². The summed E-state index contributed by atoms with van der Waals surface area (Å²) < 4.78 is 0. The number of piperidine rings is 1. The van der Waals surface area contributed by atoms with Crippen molar-refractivity contribution in [3.05, 3.63) is 0 Å². The number of amides is 1. The summed E-state index contributed by atoms with van der Waals surface area (Å²) in [5.41, 5.74) is 0. The predicted octanol–water partition coefficient (Wildman–Crippen LogP) is 1.33. The lowest BCUT2D eigenvalue weighted by molar-refractivity contribution is -0.138. The quantitative estimate of drug-likeness (QED) is 0.764. The Morgan fingerprint density at radius 1 is 1.37 bits per heavy atom. The largest absolute Gasteiger partial charge is 0.480 e. The molecule has 1 heterocycles. The molecule has 1 aliphatic rings. The SMILES string of the molecule is CCCC1CC(NC(=O)C(C)C)CN(CC(=O)O)C1. The summed E-state index contributed by atoms with van der Waals surface area (Å²) in [6.45, 7) is 7.42. The fourth-order valence-corrected chi connectivity index (χ4v) is 2.71. The third kappa shape index (κ3) is 5.59. The molecule has 0 aromatic carbocycles. The van der Waals surface area contributed by atoms with E-state index >= 15 is 0 Å². The number of carboxylic acid groups (broad SMARTS) is 1. The Bertz CT molecular complexity index is 318. The van der Waals surface area contributed by atoms with Crippen LogP contribution in [0.25, 0.3) is 0 Å². The fourth-order valence-electron chi connectivity index (χ4n) is 2.71. The monoisotopic (exact) mass is 270 g/mol. The summed E-state index contributed by atoms with van der Waals surface area (Å²) in [5, 5.41) is 11.9. The first-order valence-corrected chi connectivity index (χ1v) is 7.16. The molecule has 2 N–H and O–H groups in total. The molecule has 110 valence electrons. The number of carbonyl (C=O) groups excluding carboxylic acids is 1. The Kier molecular flexibility index (Phi) is 6.28. The average molecular weight is 270 g/mol. The van der Waals surface area contributed by atoms with Crippen molar-refractivity contribution in [2.45, 2.75) is 46.1 Å². The van der Waals surface area contributed by atoms with E-state index in [2.05, 4.69) is 12.2 Å². The highest BCUT2D eigenvalue weighted by molar-refractivity contribution is 5.78. The number of aliphatic carboxylic acids is 1. The normalized spacial score (nSPS) is 24.4. The van der Waals surface area contributed by atoms with Gasteiger partial charge in [0.05, 0.1) is 6.54 Å². The van der Waals surface area contributed by atoms with Crippen molar-refractivity contribution in [1.82, 2.24) is 10.2 Å². The van der Waals surface area contributed by atoms with Gasteiger partial charge in [-0.3, -0.25) is 14.5 Å². The van der Waals surface area contributed by atoms with Gasteiger partial charge in [0.1, 0.15) is 0 Å². The number of carboxylic acids is 1. The van der Waals surface area contributed by atoms with E-state index < -0.39 is 5.97 Å². The Morgan fingerprint density at radius 2 is 2.05 bits per heavy atom. The molecule has 1 amide bonds. The van der Waals surface area contributed by atoms with Gasteiger partial charge in [-0.05, 0) is 18.8 Å². The number of carbonyl (C=O) groups is 2. The molecule has 1 rings (SSSR count). The van der Waals surface area contributed by atoms with Crippen LogP contribution >= 0.6 is 0 Å². The second-order valence-corrected chi connectivity index (χ2v) is 5.84. The van der Waals surface area contributed by atoms with E-state index in [1.807, 2.05) is 18.7 Å². The van der Waals surface area contributed by atoms with E-state index in [-0.39, 0.29) is 24.4 Å². The smallest absolute Gasteiger partial charge is 0.317 e. The van der Waals surface area contributed by atoms with Crippen LogP contribution in [0.3, 0.4) is 0 Å². The van der Waals surface area contributed by atoms with Gasteiger partial charge in [-0.1, -0.05) is 27.2 Å². The van der Waals surface area contributed by atoms with E-state index in [1.165, 1.54) is 0 Å². The summed E-state index contributed by atoms with van der Waals surface area (Å²) in [7, 11) is 0. The number of rotatable bonds is 6. The number of hydrogen-bond acceptors (Lipinski definition) is 3. The number of nitrogens with one attached hydrogen (secondary N) is 1. The van der Waals surface area contributed by atoms with Crippen LogP contribution in [0.5, 0.6) is 0 Å². The Balaban J connectivity index is 2.59. The molecule has 0 radical (unpaired) electrons. The van der Waals surface area contributed by atoms with Crippen LogP contribution in [0, 0.1) is 11.8 Å². The fraction of sp³-hybridized carbons (Fsp3) is 0.857. The molecular formula is C14H26N2O3. The van der Waals surface area contributed by atoms with E-state index in [9.17, 15) is 9.59 Å². The summed E-state index contributed by atoms with van der Waals surface area (Å²) in [6, 6.07) is 0.0829. The maximum Gasteiger partial charge on any atom is 0.317 e. The van der Waals surface area contributed by atoms with E-state index in [1.54, 1.807) is 0 Å². The zero-order valence-corrected chi connectivity index (χ0v) is 12.2. The third-order valence-corrected chi connectivity index (χ3v) is 3.54. The first-order valence-electron chi connectivity index (χ1n) is 7.16. The second kappa shape index (κ2) is 7.48. The predicted molar refractivity (Wildman–Crippen MR) is 73.9 cm³/mol. The van der Waals surface area contributed by atoms with Crippen molar-refractivity contribution in [3.63, 3.8) is 0 Å². The van der Waals surface area contributed by atoms with Crippen molar-refractivity contribution in [2.24, 2.45) is 11.8 Å². The molecule has 0 saturated carbocycles. The van der Waals surface area contributed by atoms with E-state index in [4.69, 9.17) is 5.11 Å². The maximum absolute atomic E-state index is 11.8. The molecule has 2 atom stereocenters. The molecular weight excluding hydrogens is 244 g/mol. The lowest BCUT2D eigenvalue weighted by atomic mass is 9.90. The van der Waals surface area contributed by atoms with Crippen LogP contribution in [0.1, 0.15) is 40.0 Å². The minimum absolute atomic E-state index is 0.0283. The highest BCUT2D eigenvalue weighted by atomic mass is 16.4. The van der Waals surface area contributed by atoms with Gasteiger partial charge in [-0.15, -0.1) is 0 Å². The first kappa shape index (κ1) is 16.0. The molecule has 1 aliphatic heterocycles. The molecule has 0 spiro atoms. The number of nitrogens with zero attached hydrogens (tertiary/aromatic N) is 1. The summed E-state index contributed by atoms with van der Waals surface area (Å²) >= 11 is 0. The van der Waals surface area contributed by atoms with Gasteiger partial charge < -0.3 is 10.4 Å². The molecule has 1 fully saturated rings. The Morgan fingerprint density at radius 3 is 2.58 bits per heavy atom. The summed E-state index contributed by atoms with van der Waals surface area (Å²) in [5.74, 6) is -0.293. The molecule has 1 saturated heterocycles. The molecule has 0 aliphatic carbocycles.